The van der Waals surface area contributed by atoms with Crippen molar-refractivity contribution in [3.05, 3.63) is 23.3 Å². The maximum Gasteiger partial charge on any atom is 0.488 e. The van der Waals surface area contributed by atoms with Crippen molar-refractivity contribution >= 4 is 28.9 Å². The van der Waals surface area contributed by atoms with Gasteiger partial charge in [-0.05, 0) is 50.4 Å². The predicted octanol–water partition coefficient (Wildman–Crippen LogP) is 0.386. The van der Waals surface area contributed by atoms with Crippen molar-refractivity contribution in [3.63, 3.8) is 0 Å². The number of carbonyl (C=O) groups excluding carboxylic acids is 1. The first-order valence-electron chi connectivity index (χ1n) is 8.92. The fourth-order valence-corrected chi connectivity index (χ4v) is 3.83. The molecule has 8 nitrogen and oxygen atoms in total. The normalized spacial score (nSPS) is 16.2. The highest BCUT2D eigenvalue weighted by Crippen LogP contribution is 2.20. The average molecular weight is 416 g/mol. The van der Waals surface area contributed by atoms with Gasteiger partial charge in [-0.1, -0.05) is 6.07 Å². The highest BCUT2D eigenvalue weighted by Gasteiger charge is 2.27. The SMILES string of the molecule is Cc1c(B(O)O)cc(CN2CCN(C(=O)OC(C)(C)C)CC2)cc1S(=O)(=O)F. The van der Waals surface area contributed by atoms with Crippen molar-refractivity contribution in [2.75, 3.05) is 26.2 Å². The number of ether oxygens (including phenoxy) is 1. The second-order valence-corrected chi connectivity index (χ2v) is 9.18. The molecule has 0 aromatic heterocycles. The smallest absolute Gasteiger partial charge is 0.444 e. The molecule has 0 atom stereocenters. The van der Waals surface area contributed by atoms with E-state index in [1.54, 1.807) is 25.7 Å². The van der Waals surface area contributed by atoms with E-state index in [0.717, 1.165) is 0 Å². The molecule has 1 aromatic rings. The number of carbonyl (C=O) groups is 1. The van der Waals surface area contributed by atoms with Gasteiger partial charge in [-0.3, -0.25) is 4.90 Å². The van der Waals surface area contributed by atoms with Gasteiger partial charge in [-0.2, -0.15) is 8.42 Å². The monoisotopic (exact) mass is 416 g/mol. The number of hydrogen-bond acceptors (Lipinski definition) is 7. The van der Waals surface area contributed by atoms with Crippen molar-refractivity contribution in [2.24, 2.45) is 0 Å². The first-order chi connectivity index (χ1) is 12.8. The fraction of sp³-hybridized carbons (Fsp3) is 0.588. The minimum Gasteiger partial charge on any atom is -0.444 e. The lowest BCUT2D eigenvalue weighted by Gasteiger charge is -2.35. The van der Waals surface area contributed by atoms with Crippen LogP contribution < -0.4 is 5.46 Å². The van der Waals surface area contributed by atoms with Crippen LogP contribution in [-0.4, -0.2) is 73.3 Å². The third-order valence-corrected chi connectivity index (χ3v) is 5.38. The van der Waals surface area contributed by atoms with Gasteiger partial charge >= 0.3 is 23.4 Å². The van der Waals surface area contributed by atoms with Crippen LogP contribution in [0.1, 0.15) is 31.9 Å². The Kier molecular flexibility index (Phi) is 6.75. The van der Waals surface area contributed by atoms with Crippen molar-refractivity contribution in [1.29, 1.82) is 0 Å². The van der Waals surface area contributed by atoms with Gasteiger partial charge in [-0.25, -0.2) is 4.79 Å². The molecule has 0 saturated carbocycles. The molecule has 1 aliphatic rings. The molecule has 1 fully saturated rings. The number of nitrogens with zero attached hydrogens (tertiary/aromatic N) is 2. The molecular weight excluding hydrogens is 390 g/mol. The van der Waals surface area contributed by atoms with E-state index in [1.165, 1.54) is 19.1 Å². The van der Waals surface area contributed by atoms with Gasteiger partial charge in [0.2, 0.25) is 0 Å². The summed E-state index contributed by atoms with van der Waals surface area (Å²) in [6.45, 7) is 8.89. The lowest BCUT2D eigenvalue weighted by molar-refractivity contribution is 0.0139. The first-order valence-corrected chi connectivity index (χ1v) is 10.3. The Morgan fingerprint density at radius 3 is 2.25 bits per heavy atom. The van der Waals surface area contributed by atoms with Crippen LogP contribution in [0.15, 0.2) is 17.0 Å². The minimum absolute atomic E-state index is 0.0315. The molecule has 0 radical (unpaired) electrons. The summed E-state index contributed by atoms with van der Waals surface area (Å²) in [6.07, 6.45) is -0.390. The highest BCUT2D eigenvalue weighted by molar-refractivity contribution is 7.86. The summed E-state index contributed by atoms with van der Waals surface area (Å²) < 4.78 is 41.7. The van der Waals surface area contributed by atoms with E-state index in [4.69, 9.17) is 4.74 Å². The van der Waals surface area contributed by atoms with Crippen LogP contribution in [0.4, 0.5) is 8.68 Å². The predicted molar refractivity (Wildman–Crippen MR) is 102 cm³/mol. The van der Waals surface area contributed by atoms with Crippen LogP contribution >= 0.6 is 0 Å². The molecule has 1 heterocycles. The van der Waals surface area contributed by atoms with Crippen molar-refractivity contribution in [1.82, 2.24) is 9.80 Å². The Labute approximate surface area is 165 Å². The minimum atomic E-state index is -5.00. The number of hydrogen-bond donors (Lipinski definition) is 2. The van der Waals surface area contributed by atoms with Gasteiger partial charge in [0.15, 0.2) is 0 Å². The number of rotatable bonds is 4. The summed E-state index contributed by atoms with van der Waals surface area (Å²) in [5.74, 6) is 0. The molecule has 1 aromatic carbocycles. The van der Waals surface area contributed by atoms with Crippen LogP contribution in [0, 0.1) is 6.92 Å². The van der Waals surface area contributed by atoms with Gasteiger partial charge in [0.1, 0.15) is 10.5 Å². The summed E-state index contributed by atoms with van der Waals surface area (Å²) in [5.41, 5.74) is -0.223. The maximum atomic E-state index is 13.6. The lowest BCUT2D eigenvalue weighted by Crippen LogP contribution is -2.49. The standard InChI is InChI=1S/C17H26BFN2O6S/c1-12-14(18(23)24)9-13(10-15(12)28(19,25)26)11-20-5-7-21(8-6-20)16(22)27-17(2,3)4/h9-10,23-24H,5-8,11H2,1-4H3. The summed E-state index contributed by atoms with van der Waals surface area (Å²) in [4.78, 5) is 15.1. The van der Waals surface area contributed by atoms with Crippen LogP contribution in [-0.2, 0) is 21.5 Å². The molecular formula is C17H26BFN2O6S. The molecule has 2 N–H and O–H groups in total. The Bertz CT molecular complexity index is 833. The largest absolute Gasteiger partial charge is 0.488 e. The second-order valence-electron chi connectivity index (χ2n) is 7.86. The summed E-state index contributed by atoms with van der Waals surface area (Å²) in [6, 6.07) is 2.66. The molecule has 28 heavy (non-hydrogen) atoms. The van der Waals surface area contributed by atoms with Gasteiger partial charge < -0.3 is 19.7 Å². The molecule has 0 bridgehead atoms. The number of piperazine rings is 1. The molecule has 1 amide bonds. The van der Waals surface area contributed by atoms with Gasteiger partial charge in [-0.15, -0.1) is 3.89 Å². The zero-order valence-electron chi connectivity index (χ0n) is 16.5. The molecule has 2 rings (SSSR count). The van der Waals surface area contributed by atoms with Gasteiger partial charge in [0, 0.05) is 32.7 Å². The fourth-order valence-electron chi connectivity index (χ4n) is 3.05. The van der Waals surface area contributed by atoms with E-state index >= 15 is 0 Å². The molecule has 11 heteroatoms. The summed E-state index contributed by atoms with van der Waals surface area (Å²) >= 11 is 0. The molecule has 156 valence electrons. The van der Waals surface area contributed by atoms with E-state index in [9.17, 15) is 27.1 Å². The number of benzene rings is 1. The molecule has 1 aliphatic heterocycles. The molecule has 0 aliphatic carbocycles. The van der Waals surface area contributed by atoms with E-state index in [0.29, 0.717) is 31.7 Å². The van der Waals surface area contributed by atoms with Gasteiger partial charge in [0.25, 0.3) is 0 Å². The van der Waals surface area contributed by atoms with Crippen LogP contribution in [0.3, 0.4) is 0 Å². The first kappa shape index (κ1) is 22.6. The summed E-state index contributed by atoms with van der Waals surface area (Å²) in [7, 11) is -6.91. The van der Waals surface area contributed by atoms with Crippen LogP contribution in [0.2, 0.25) is 0 Å². The van der Waals surface area contributed by atoms with Crippen LogP contribution in [0.25, 0.3) is 0 Å². The van der Waals surface area contributed by atoms with Crippen molar-refractivity contribution in [3.8, 4) is 0 Å². The number of halogens is 1. The average Bonchev–Trinajstić information content (AvgIpc) is 2.54. The molecule has 0 spiro atoms. The third-order valence-electron chi connectivity index (χ3n) is 4.43. The van der Waals surface area contributed by atoms with Crippen LogP contribution in [0.5, 0.6) is 0 Å². The Morgan fingerprint density at radius 1 is 1.21 bits per heavy atom. The van der Waals surface area contributed by atoms with E-state index < -0.39 is 27.8 Å². The van der Waals surface area contributed by atoms with Gasteiger partial charge in [0.05, 0.1) is 0 Å². The van der Waals surface area contributed by atoms with Crippen molar-refractivity contribution in [2.45, 2.75) is 44.7 Å². The quantitative estimate of drug-likeness (QED) is 0.540. The Morgan fingerprint density at radius 2 is 1.79 bits per heavy atom. The second kappa shape index (κ2) is 8.36. The Hall–Kier alpha value is -1.69. The maximum absolute atomic E-state index is 13.6. The Balaban J connectivity index is 2.11. The molecule has 1 saturated heterocycles. The lowest BCUT2D eigenvalue weighted by atomic mass is 9.76. The third kappa shape index (κ3) is 5.90. The summed E-state index contributed by atoms with van der Waals surface area (Å²) in [5, 5.41) is 19.0. The number of amides is 1. The van der Waals surface area contributed by atoms with E-state index in [-0.39, 0.29) is 23.7 Å². The zero-order valence-corrected chi connectivity index (χ0v) is 17.3. The molecule has 0 unspecified atom stereocenters. The topological polar surface area (TPSA) is 107 Å². The van der Waals surface area contributed by atoms with E-state index in [2.05, 4.69) is 0 Å². The highest BCUT2D eigenvalue weighted by atomic mass is 32.3. The zero-order chi connectivity index (χ0) is 21.3. The van der Waals surface area contributed by atoms with Crippen molar-refractivity contribution < 1.29 is 31.9 Å². The van der Waals surface area contributed by atoms with E-state index in [1.807, 2.05) is 4.90 Å².